The van der Waals surface area contributed by atoms with E-state index in [0.717, 1.165) is 35.2 Å². The maximum absolute atomic E-state index is 13.1. The monoisotopic (exact) mass is 514 g/mol. The molecule has 2 aromatic rings. The van der Waals surface area contributed by atoms with Crippen LogP contribution in [0.25, 0.3) is 0 Å². The first-order valence-corrected chi connectivity index (χ1v) is 13.0. The second kappa shape index (κ2) is 15.9. The number of rotatable bonds is 16. The third-order valence-corrected chi connectivity index (χ3v) is 6.05. The minimum Gasteiger partial charge on any atom is -0.492 e. The summed E-state index contributed by atoms with van der Waals surface area (Å²) >= 11 is 0. The van der Waals surface area contributed by atoms with Crippen molar-refractivity contribution in [1.82, 2.24) is 4.90 Å². The second-order valence-electron chi connectivity index (χ2n) is 9.11. The number of ether oxygens (including phenoxy) is 3. The van der Waals surface area contributed by atoms with Crippen LogP contribution < -0.4 is 10.1 Å². The third-order valence-electron chi connectivity index (χ3n) is 6.05. The minimum atomic E-state index is -0.975. The van der Waals surface area contributed by atoms with Crippen LogP contribution in [0.15, 0.2) is 36.4 Å². The normalized spacial score (nSPS) is 11.7. The molecule has 0 bridgehead atoms. The van der Waals surface area contributed by atoms with Gasteiger partial charge in [0.05, 0.1) is 6.54 Å². The number of carboxylic acids is 1. The van der Waals surface area contributed by atoms with Gasteiger partial charge in [0.2, 0.25) is 0 Å². The van der Waals surface area contributed by atoms with Crippen molar-refractivity contribution in [3.8, 4) is 5.75 Å². The van der Waals surface area contributed by atoms with Gasteiger partial charge in [-0.2, -0.15) is 0 Å². The van der Waals surface area contributed by atoms with Crippen molar-refractivity contribution in [2.24, 2.45) is 0 Å². The molecule has 0 saturated carbocycles. The van der Waals surface area contributed by atoms with E-state index in [1.807, 2.05) is 44.2 Å². The summed E-state index contributed by atoms with van der Waals surface area (Å²) in [4.78, 5) is 26.2. The Morgan fingerprint density at radius 2 is 1.65 bits per heavy atom. The molecule has 37 heavy (non-hydrogen) atoms. The van der Waals surface area contributed by atoms with Gasteiger partial charge in [0, 0.05) is 38.5 Å². The van der Waals surface area contributed by atoms with Crippen LogP contribution in [0.4, 0.5) is 10.5 Å². The third kappa shape index (κ3) is 10.4. The number of carboxylic acid groups (broad SMARTS) is 1. The summed E-state index contributed by atoms with van der Waals surface area (Å²) in [5.41, 5.74) is 5.00. The van der Waals surface area contributed by atoms with Crippen LogP contribution in [-0.2, 0) is 20.7 Å². The zero-order valence-electron chi connectivity index (χ0n) is 22.8. The molecule has 0 aliphatic rings. The van der Waals surface area contributed by atoms with E-state index in [-0.39, 0.29) is 12.5 Å². The lowest BCUT2D eigenvalue weighted by molar-refractivity contribution is -0.149. The summed E-state index contributed by atoms with van der Waals surface area (Å²) in [5.74, 6) is -0.319. The molecule has 2 amide bonds. The quantitative estimate of drug-likeness (QED) is 0.292. The number of hydrogen-bond acceptors (Lipinski definition) is 5. The van der Waals surface area contributed by atoms with Gasteiger partial charge < -0.3 is 29.5 Å². The van der Waals surface area contributed by atoms with Gasteiger partial charge in [-0.25, -0.2) is 9.59 Å². The van der Waals surface area contributed by atoms with E-state index in [1.165, 1.54) is 5.56 Å². The van der Waals surface area contributed by atoms with Crippen molar-refractivity contribution >= 4 is 17.7 Å². The van der Waals surface area contributed by atoms with E-state index in [9.17, 15) is 14.7 Å². The molecule has 0 aromatic heterocycles. The van der Waals surface area contributed by atoms with Gasteiger partial charge in [0.15, 0.2) is 6.10 Å². The maximum Gasteiger partial charge on any atom is 0.333 e. The second-order valence-corrected chi connectivity index (χ2v) is 9.11. The van der Waals surface area contributed by atoms with E-state index in [1.54, 1.807) is 11.8 Å². The van der Waals surface area contributed by atoms with Crippen LogP contribution >= 0.6 is 0 Å². The van der Waals surface area contributed by atoms with E-state index in [2.05, 4.69) is 25.2 Å². The zero-order valence-corrected chi connectivity index (χ0v) is 22.8. The molecule has 0 spiro atoms. The number of aliphatic carboxylic acids is 1. The average Bonchev–Trinajstić information content (AvgIpc) is 2.86. The molecule has 0 aliphatic heterocycles. The first kappa shape index (κ1) is 30.1. The number of aryl methyl sites for hydroxylation is 3. The first-order valence-electron chi connectivity index (χ1n) is 13.0. The van der Waals surface area contributed by atoms with Gasteiger partial charge >= 0.3 is 12.0 Å². The summed E-state index contributed by atoms with van der Waals surface area (Å²) in [7, 11) is 0. The number of carbonyl (C=O) groups is 2. The van der Waals surface area contributed by atoms with Crippen LogP contribution in [-0.4, -0.2) is 67.6 Å². The predicted octanol–water partition coefficient (Wildman–Crippen LogP) is 5.37. The zero-order chi connectivity index (χ0) is 27.2. The number of carbonyl (C=O) groups excluding carboxylic acids is 1. The lowest BCUT2D eigenvalue weighted by Gasteiger charge is -2.24. The molecule has 1 unspecified atom stereocenters. The maximum atomic E-state index is 13.1. The molecule has 0 radical (unpaired) electrons. The fourth-order valence-electron chi connectivity index (χ4n) is 3.84. The first-order chi connectivity index (χ1) is 17.7. The van der Waals surface area contributed by atoms with Crippen molar-refractivity contribution < 1.29 is 28.9 Å². The van der Waals surface area contributed by atoms with Crippen LogP contribution in [0.3, 0.4) is 0 Å². The SMILES string of the molecule is CCCOCCCN(CCOc1ccc(CC(OCC)C(=O)O)cc1)C(=O)Nc1cc(C)c(C)cc1C. The molecule has 2 rings (SSSR count). The Morgan fingerprint density at radius 3 is 2.30 bits per heavy atom. The molecule has 0 saturated heterocycles. The highest BCUT2D eigenvalue weighted by molar-refractivity contribution is 5.90. The highest BCUT2D eigenvalue weighted by Crippen LogP contribution is 2.21. The molecule has 204 valence electrons. The number of hydrogen-bond donors (Lipinski definition) is 2. The van der Waals surface area contributed by atoms with Crippen LogP contribution in [0.1, 0.15) is 48.9 Å². The summed E-state index contributed by atoms with van der Waals surface area (Å²) in [6, 6.07) is 11.2. The van der Waals surface area contributed by atoms with E-state index >= 15 is 0 Å². The summed E-state index contributed by atoms with van der Waals surface area (Å²) < 4.78 is 16.8. The highest BCUT2D eigenvalue weighted by atomic mass is 16.5. The van der Waals surface area contributed by atoms with Gasteiger partial charge in [0.1, 0.15) is 12.4 Å². The largest absolute Gasteiger partial charge is 0.492 e. The van der Waals surface area contributed by atoms with Crippen LogP contribution in [0, 0.1) is 20.8 Å². The number of amides is 2. The Kier molecular flexibility index (Phi) is 12.9. The predicted molar refractivity (Wildman–Crippen MR) is 146 cm³/mol. The molecule has 8 nitrogen and oxygen atoms in total. The smallest absolute Gasteiger partial charge is 0.333 e. The Bertz CT molecular complexity index is 993. The van der Waals surface area contributed by atoms with E-state index in [0.29, 0.717) is 45.3 Å². The average molecular weight is 515 g/mol. The van der Waals surface area contributed by atoms with Crippen molar-refractivity contribution in [2.75, 3.05) is 44.8 Å². The molecule has 1 atom stereocenters. The van der Waals surface area contributed by atoms with Crippen molar-refractivity contribution in [2.45, 2.75) is 60.0 Å². The lowest BCUT2D eigenvalue weighted by Crippen LogP contribution is -2.39. The Hall–Kier alpha value is -3.10. The number of nitrogens with one attached hydrogen (secondary N) is 1. The van der Waals surface area contributed by atoms with Crippen molar-refractivity contribution in [3.05, 3.63) is 58.7 Å². The Morgan fingerprint density at radius 1 is 0.946 bits per heavy atom. The summed E-state index contributed by atoms with van der Waals surface area (Å²) in [5, 5.41) is 12.3. The van der Waals surface area contributed by atoms with Gasteiger partial charge in [-0.3, -0.25) is 0 Å². The molecule has 0 aliphatic carbocycles. The van der Waals surface area contributed by atoms with Gasteiger partial charge in [-0.1, -0.05) is 25.1 Å². The highest BCUT2D eigenvalue weighted by Gasteiger charge is 2.18. The summed E-state index contributed by atoms with van der Waals surface area (Å²) in [6.45, 7) is 12.9. The molecule has 8 heteroatoms. The molecule has 0 fully saturated rings. The fraction of sp³-hybridized carbons (Fsp3) is 0.517. The topological polar surface area (TPSA) is 97.3 Å². The van der Waals surface area contributed by atoms with Gasteiger partial charge in [-0.05, 0) is 81.0 Å². The van der Waals surface area contributed by atoms with Crippen LogP contribution in [0.5, 0.6) is 5.75 Å². The minimum absolute atomic E-state index is 0.170. The number of nitrogens with zero attached hydrogens (tertiary/aromatic N) is 1. The molecule has 2 N–H and O–H groups in total. The molecule has 0 heterocycles. The lowest BCUT2D eigenvalue weighted by atomic mass is 10.1. The van der Waals surface area contributed by atoms with E-state index < -0.39 is 12.1 Å². The van der Waals surface area contributed by atoms with Crippen LogP contribution in [0.2, 0.25) is 0 Å². The van der Waals surface area contributed by atoms with Gasteiger partial charge in [0.25, 0.3) is 0 Å². The number of anilines is 1. The fourth-order valence-corrected chi connectivity index (χ4v) is 3.84. The molecular formula is C29H42N2O6. The molecule has 2 aromatic carbocycles. The Labute approximate surface area is 220 Å². The van der Waals surface area contributed by atoms with Crippen molar-refractivity contribution in [3.63, 3.8) is 0 Å². The molecular weight excluding hydrogens is 472 g/mol. The number of urea groups is 1. The Balaban J connectivity index is 1.96. The summed E-state index contributed by atoms with van der Waals surface area (Å²) in [6.07, 6.45) is 1.12. The number of benzene rings is 2. The van der Waals surface area contributed by atoms with Gasteiger partial charge in [-0.15, -0.1) is 0 Å². The van der Waals surface area contributed by atoms with E-state index in [4.69, 9.17) is 14.2 Å². The standard InChI is InChI=1S/C29H42N2O6/c1-6-15-35-16-8-13-31(29(34)30-26-19-22(4)21(3)18-23(26)5)14-17-37-25-11-9-24(10-12-25)20-27(28(32)33)36-7-2/h9-12,18-19,27H,6-8,13-17,20H2,1-5H3,(H,30,34)(H,32,33). The van der Waals surface area contributed by atoms with Crippen molar-refractivity contribution in [1.29, 1.82) is 0 Å².